The van der Waals surface area contributed by atoms with Gasteiger partial charge in [0.05, 0.1) is 12.0 Å². The Morgan fingerprint density at radius 3 is 2.33 bits per heavy atom. The first-order valence-corrected chi connectivity index (χ1v) is 7.20. The van der Waals surface area contributed by atoms with Crippen LogP contribution < -0.4 is 0 Å². The van der Waals surface area contributed by atoms with Crippen molar-refractivity contribution in [3.05, 3.63) is 59.7 Å². The van der Waals surface area contributed by atoms with Crippen molar-refractivity contribution in [3.8, 4) is 17.2 Å². The molecule has 1 atom stereocenters. The zero-order chi connectivity index (χ0) is 15.2. The summed E-state index contributed by atoms with van der Waals surface area (Å²) in [6.07, 6.45) is 1.32. The lowest BCUT2D eigenvalue weighted by Gasteiger charge is -2.14. The molecule has 0 saturated heterocycles. The maximum Gasteiger partial charge on any atom is 0.123 e. The van der Waals surface area contributed by atoms with Crippen LogP contribution in [0.5, 0.6) is 0 Å². The van der Waals surface area contributed by atoms with Crippen molar-refractivity contribution in [1.29, 1.82) is 5.26 Å². The van der Waals surface area contributed by atoms with Crippen LogP contribution in [0.1, 0.15) is 24.3 Å². The lowest BCUT2D eigenvalue weighted by atomic mass is 9.88. The lowest BCUT2D eigenvalue weighted by molar-refractivity contribution is 0.625. The van der Waals surface area contributed by atoms with Crippen LogP contribution in [0.15, 0.2) is 42.5 Å². The number of benzene rings is 2. The Morgan fingerprint density at radius 1 is 1.05 bits per heavy atom. The fourth-order valence-electron chi connectivity index (χ4n) is 2.28. The number of halogens is 3. The fourth-order valence-corrected chi connectivity index (χ4v) is 2.44. The van der Waals surface area contributed by atoms with Gasteiger partial charge >= 0.3 is 0 Å². The molecule has 0 spiro atoms. The van der Waals surface area contributed by atoms with E-state index in [1.54, 1.807) is 18.2 Å². The molecule has 0 heterocycles. The molecular weight excluding hydrogens is 292 g/mol. The van der Waals surface area contributed by atoms with Gasteiger partial charge in [0, 0.05) is 5.88 Å². The monoisotopic (exact) mass is 305 g/mol. The van der Waals surface area contributed by atoms with Crippen molar-refractivity contribution in [3.63, 3.8) is 0 Å². The third-order valence-electron chi connectivity index (χ3n) is 3.33. The van der Waals surface area contributed by atoms with Crippen molar-refractivity contribution in [2.45, 2.75) is 18.8 Å². The highest BCUT2D eigenvalue weighted by Crippen LogP contribution is 2.32. The summed E-state index contributed by atoms with van der Waals surface area (Å²) in [5.41, 5.74) is 2.06. The summed E-state index contributed by atoms with van der Waals surface area (Å²) in [6, 6.07) is 12.4. The Hall–Kier alpha value is -1.92. The zero-order valence-corrected chi connectivity index (χ0v) is 12.1. The summed E-state index contributed by atoms with van der Waals surface area (Å²) >= 11 is 5.68. The number of nitriles is 1. The average Bonchev–Trinajstić information content (AvgIpc) is 2.50. The van der Waals surface area contributed by atoms with Gasteiger partial charge in [-0.15, -0.1) is 11.6 Å². The van der Waals surface area contributed by atoms with E-state index >= 15 is 0 Å². The number of hydrogen-bond donors (Lipinski definition) is 0. The topological polar surface area (TPSA) is 23.8 Å². The molecule has 0 saturated carbocycles. The average molecular weight is 306 g/mol. The van der Waals surface area contributed by atoms with Crippen molar-refractivity contribution in [1.82, 2.24) is 0 Å². The Kier molecular flexibility index (Phi) is 5.30. The summed E-state index contributed by atoms with van der Waals surface area (Å²) in [6.45, 7) is 0. The molecule has 21 heavy (non-hydrogen) atoms. The molecule has 2 aromatic rings. The molecule has 0 fully saturated rings. The van der Waals surface area contributed by atoms with E-state index in [1.165, 1.54) is 24.3 Å². The van der Waals surface area contributed by atoms with Gasteiger partial charge in [-0.05, 0) is 53.8 Å². The molecule has 108 valence electrons. The largest absolute Gasteiger partial charge is 0.207 e. The van der Waals surface area contributed by atoms with E-state index in [-0.39, 0.29) is 17.6 Å². The summed E-state index contributed by atoms with van der Waals surface area (Å²) < 4.78 is 26.6. The molecule has 1 nitrogen and oxygen atoms in total. The van der Waals surface area contributed by atoms with Gasteiger partial charge < -0.3 is 0 Å². The molecule has 0 amide bonds. The third-order valence-corrected chi connectivity index (χ3v) is 3.60. The highest BCUT2D eigenvalue weighted by Gasteiger charge is 2.16. The quantitative estimate of drug-likeness (QED) is 0.691. The minimum atomic E-state index is -0.382. The van der Waals surface area contributed by atoms with E-state index in [1.807, 2.05) is 0 Å². The van der Waals surface area contributed by atoms with Gasteiger partial charge in [0.25, 0.3) is 0 Å². The molecule has 0 aliphatic rings. The second-order valence-corrected chi connectivity index (χ2v) is 5.13. The summed E-state index contributed by atoms with van der Waals surface area (Å²) in [5, 5.41) is 9.34. The maximum atomic E-state index is 13.6. The predicted molar refractivity (Wildman–Crippen MR) is 80.1 cm³/mol. The first-order chi connectivity index (χ1) is 10.2. The van der Waals surface area contributed by atoms with Gasteiger partial charge in [-0.25, -0.2) is 8.78 Å². The molecule has 0 N–H and O–H groups in total. The molecule has 0 bridgehead atoms. The van der Waals surface area contributed by atoms with Crippen LogP contribution in [0.2, 0.25) is 0 Å². The molecule has 2 aromatic carbocycles. The van der Waals surface area contributed by atoms with Gasteiger partial charge in [-0.1, -0.05) is 18.2 Å². The van der Waals surface area contributed by atoms with Crippen molar-refractivity contribution in [2.24, 2.45) is 0 Å². The number of nitrogens with zero attached hydrogens (tertiary/aromatic N) is 1. The molecule has 2 rings (SSSR count). The van der Waals surface area contributed by atoms with Crippen LogP contribution in [0, 0.1) is 23.0 Å². The highest BCUT2D eigenvalue weighted by atomic mass is 35.5. The minimum absolute atomic E-state index is 0.351. The number of alkyl halides is 1. The van der Waals surface area contributed by atoms with Crippen LogP contribution in [-0.2, 0) is 0 Å². The Balaban J connectivity index is 2.46. The fraction of sp³-hybridized carbons (Fsp3) is 0.235. The molecule has 0 aliphatic heterocycles. The van der Waals surface area contributed by atoms with Crippen LogP contribution in [-0.4, -0.2) is 5.88 Å². The lowest BCUT2D eigenvalue weighted by Crippen LogP contribution is -2.00. The normalized spacial score (nSPS) is 11.9. The van der Waals surface area contributed by atoms with E-state index < -0.39 is 0 Å². The standard InChI is InChI=1S/C17H14ClF2N/c18-9-1-2-13(11-21)16-8-7-15(20)10-17(16)12-3-5-14(19)6-4-12/h3-8,10,13H,1-2,9H2. The smallest absolute Gasteiger partial charge is 0.123 e. The predicted octanol–water partition coefficient (Wildman–Crippen LogP) is 5.26. The Morgan fingerprint density at radius 2 is 1.71 bits per heavy atom. The van der Waals surface area contributed by atoms with Gasteiger partial charge in [-0.3, -0.25) is 0 Å². The van der Waals surface area contributed by atoms with Gasteiger partial charge in [0.15, 0.2) is 0 Å². The first-order valence-electron chi connectivity index (χ1n) is 6.66. The highest BCUT2D eigenvalue weighted by molar-refractivity contribution is 6.17. The van der Waals surface area contributed by atoms with Gasteiger partial charge in [0.2, 0.25) is 0 Å². The summed E-state index contributed by atoms with van der Waals surface area (Å²) in [5.74, 6) is -0.613. The van der Waals surface area contributed by atoms with E-state index in [2.05, 4.69) is 6.07 Å². The van der Waals surface area contributed by atoms with E-state index in [4.69, 9.17) is 11.6 Å². The molecule has 0 radical (unpaired) electrons. The van der Waals surface area contributed by atoms with Crippen molar-refractivity contribution < 1.29 is 8.78 Å². The van der Waals surface area contributed by atoms with Crippen LogP contribution in [0.25, 0.3) is 11.1 Å². The minimum Gasteiger partial charge on any atom is -0.207 e. The molecule has 0 aromatic heterocycles. The Bertz CT molecular complexity index is 647. The summed E-state index contributed by atoms with van der Waals surface area (Å²) in [7, 11) is 0. The third kappa shape index (κ3) is 3.80. The van der Waals surface area contributed by atoms with Gasteiger partial charge in [0.1, 0.15) is 11.6 Å². The first kappa shape index (κ1) is 15.5. The molecule has 0 aliphatic carbocycles. The molecular formula is C17H14ClF2N. The van der Waals surface area contributed by atoms with Crippen LogP contribution >= 0.6 is 11.6 Å². The SMILES string of the molecule is N#CC(CCCCl)c1ccc(F)cc1-c1ccc(F)cc1. The summed E-state index contributed by atoms with van der Waals surface area (Å²) in [4.78, 5) is 0. The van der Waals surface area contributed by atoms with Crippen molar-refractivity contribution in [2.75, 3.05) is 5.88 Å². The second-order valence-electron chi connectivity index (χ2n) is 4.75. The number of rotatable bonds is 5. The van der Waals surface area contributed by atoms with Gasteiger partial charge in [-0.2, -0.15) is 5.26 Å². The molecule has 4 heteroatoms. The second kappa shape index (κ2) is 7.19. The number of hydrogen-bond acceptors (Lipinski definition) is 1. The van der Waals surface area contributed by atoms with E-state index in [0.717, 1.165) is 5.56 Å². The van der Waals surface area contributed by atoms with E-state index in [0.29, 0.717) is 29.8 Å². The van der Waals surface area contributed by atoms with Crippen LogP contribution in [0.4, 0.5) is 8.78 Å². The zero-order valence-electron chi connectivity index (χ0n) is 11.3. The Labute approximate surface area is 127 Å². The van der Waals surface area contributed by atoms with Crippen LogP contribution in [0.3, 0.4) is 0 Å². The molecule has 1 unspecified atom stereocenters. The van der Waals surface area contributed by atoms with Crippen molar-refractivity contribution >= 4 is 11.6 Å². The van der Waals surface area contributed by atoms with E-state index in [9.17, 15) is 14.0 Å². The maximum absolute atomic E-state index is 13.6.